The molecule has 0 radical (unpaired) electrons. The molecule has 2 aliphatic heterocycles. The highest BCUT2D eigenvalue weighted by Gasteiger charge is 2.52. The van der Waals surface area contributed by atoms with Crippen LogP contribution in [0.4, 0.5) is 5.69 Å². The normalized spacial score (nSPS) is 22.3. The fraction of sp³-hybridized carbons (Fsp3) is 0.348. The van der Waals surface area contributed by atoms with Gasteiger partial charge in [0.15, 0.2) is 9.84 Å². The first-order valence-electron chi connectivity index (χ1n) is 10.3. The van der Waals surface area contributed by atoms with Gasteiger partial charge in [-0.3, -0.25) is 9.79 Å². The third-order valence-electron chi connectivity index (χ3n) is 5.96. The van der Waals surface area contributed by atoms with E-state index in [2.05, 4.69) is 21.2 Å². The number of hydrogen-bond donors (Lipinski definition) is 2. The Labute approximate surface area is 192 Å². The van der Waals surface area contributed by atoms with Crippen LogP contribution in [0.3, 0.4) is 0 Å². The summed E-state index contributed by atoms with van der Waals surface area (Å²) in [7, 11) is -3.58. The largest absolute Gasteiger partial charge is 0.493 e. The molecular weight excluding hydrogens is 444 g/mol. The zero-order chi connectivity index (χ0) is 23.9. The summed E-state index contributed by atoms with van der Waals surface area (Å²) in [6.45, 7) is 3.52. The number of amidine groups is 1. The van der Waals surface area contributed by atoms with E-state index in [9.17, 15) is 13.2 Å². The number of fused-ring (bicyclic) bond motifs is 2. The van der Waals surface area contributed by atoms with Gasteiger partial charge in [-0.2, -0.15) is 0 Å². The highest BCUT2D eigenvalue weighted by molar-refractivity contribution is 7.93. The summed E-state index contributed by atoms with van der Waals surface area (Å²) in [6.07, 6.45) is 6.93. The van der Waals surface area contributed by atoms with Gasteiger partial charge in [0, 0.05) is 17.7 Å². The Morgan fingerprint density at radius 2 is 2.12 bits per heavy atom. The van der Waals surface area contributed by atoms with Crippen molar-refractivity contribution in [3.8, 4) is 23.8 Å². The Balaban J connectivity index is 1.64. The molecule has 33 heavy (non-hydrogen) atoms. The number of hydrogen-bond acceptors (Lipinski definition) is 8. The number of nitrogens with one attached hydrogen (secondary N) is 1. The molecule has 0 saturated heterocycles. The number of carbonyl (C=O) groups is 1. The Bertz CT molecular complexity index is 1280. The van der Waals surface area contributed by atoms with Crippen molar-refractivity contribution in [1.29, 1.82) is 0 Å². The lowest BCUT2D eigenvalue weighted by Crippen LogP contribution is -2.56. The maximum Gasteiger partial charge on any atom is 0.274 e. The quantitative estimate of drug-likeness (QED) is 0.655. The molecule has 1 unspecified atom stereocenters. The lowest BCUT2D eigenvalue weighted by Gasteiger charge is -2.42. The van der Waals surface area contributed by atoms with Gasteiger partial charge in [0.2, 0.25) is 0 Å². The number of ether oxygens (including phenoxy) is 2. The van der Waals surface area contributed by atoms with Gasteiger partial charge in [0.1, 0.15) is 39.9 Å². The molecular formula is C23H24N4O5S. The minimum atomic E-state index is -3.58. The van der Waals surface area contributed by atoms with Gasteiger partial charge >= 0.3 is 0 Å². The van der Waals surface area contributed by atoms with Crippen LogP contribution >= 0.6 is 0 Å². The summed E-state index contributed by atoms with van der Waals surface area (Å²) in [5.74, 6) is 2.75. The lowest BCUT2D eigenvalue weighted by molar-refractivity contribution is 0.102. The molecule has 1 aromatic heterocycles. The molecule has 3 N–H and O–H groups in total. The predicted octanol–water partition coefficient (Wildman–Crippen LogP) is 1.89. The van der Waals surface area contributed by atoms with E-state index in [0.29, 0.717) is 35.8 Å². The number of carbonyl (C=O) groups excluding carboxylic acids is 1. The second-order valence-electron chi connectivity index (χ2n) is 8.43. The highest BCUT2D eigenvalue weighted by Crippen LogP contribution is 2.46. The zero-order valence-electron chi connectivity index (χ0n) is 18.3. The third-order valence-corrected chi connectivity index (χ3v) is 8.58. The van der Waals surface area contributed by atoms with Crippen molar-refractivity contribution in [2.24, 2.45) is 10.7 Å². The van der Waals surface area contributed by atoms with Gasteiger partial charge in [-0.05, 0) is 44.2 Å². The second kappa shape index (κ2) is 8.08. The molecule has 9 nitrogen and oxygen atoms in total. The van der Waals surface area contributed by atoms with E-state index >= 15 is 0 Å². The van der Waals surface area contributed by atoms with Crippen molar-refractivity contribution >= 4 is 27.3 Å². The van der Waals surface area contributed by atoms with Crippen LogP contribution < -0.4 is 20.5 Å². The molecule has 1 aromatic carbocycles. The van der Waals surface area contributed by atoms with Crippen LogP contribution in [0, 0.1) is 12.3 Å². The van der Waals surface area contributed by atoms with E-state index in [-0.39, 0.29) is 23.9 Å². The van der Waals surface area contributed by atoms with Crippen molar-refractivity contribution in [3.05, 3.63) is 47.8 Å². The molecule has 2 aliphatic rings. The van der Waals surface area contributed by atoms with Crippen molar-refractivity contribution < 1.29 is 22.7 Å². The summed E-state index contributed by atoms with van der Waals surface area (Å²) in [5, 5.41) is 2.78. The van der Waals surface area contributed by atoms with Crippen molar-refractivity contribution in [2.75, 3.05) is 24.3 Å². The molecule has 1 amide bonds. The monoisotopic (exact) mass is 468 g/mol. The molecule has 1 spiro atoms. The topological polar surface area (TPSA) is 133 Å². The summed E-state index contributed by atoms with van der Waals surface area (Å²) >= 11 is 0. The average molecular weight is 469 g/mol. The van der Waals surface area contributed by atoms with Gasteiger partial charge in [-0.25, -0.2) is 13.4 Å². The van der Waals surface area contributed by atoms with Crippen molar-refractivity contribution in [2.45, 2.75) is 30.6 Å². The molecule has 0 bridgehead atoms. The van der Waals surface area contributed by atoms with Crippen LogP contribution in [0.25, 0.3) is 0 Å². The van der Waals surface area contributed by atoms with Crippen LogP contribution in [-0.4, -0.2) is 48.9 Å². The fourth-order valence-electron chi connectivity index (χ4n) is 3.80. The first-order chi connectivity index (χ1) is 15.6. The number of aromatic nitrogens is 1. The number of pyridine rings is 1. The molecule has 0 aliphatic carbocycles. The lowest BCUT2D eigenvalue weighted by atomic mass is 9.85. The Morgan fingerprint density at radius 1 is 1.33 bits per heavy atom. The predicted molar refractivity (Wildman–Crippen MR) is 124 cm³/mol. The van der Waals surface area contributed by atoms with Crippen molar-refractivity contribution in [3.63, 3.8) is 0 Å². The maximum absolute atomic E-state index is 13.0. The highest BCUT2D eigenvalue weighted by atomic mass is 32.2. The Morgan fingerprint density at radius 3 is 2.79 bits per heavy atom. The number of aliphatic imine (C=N–C) groups is 1. The van der Waals surface area contributed by atoms with E-state index in [4.69, 9.17) is 21.6 Å². The van der Waals surface area contributed by atoms with E-state index in [1.54, 1.807) is 38.1 Å². The fourth-order valence-corrected chi connectivity index (χ4v) is 5.52. The smallest absolute Gasteiger partial charge is 0.274 e. The van der Waals surface area contributed by atoms with Crippen LogP contribution in [-0.2, 0) is 15.4 Å². The first-order valence-corrected chi connectivity index (χ1v) is 11.9. The number of anilines is 1. The summed E-state index contributed by atoms with van der Waals surface area (Å²) in [6, 6.07) is 8.16. The van der Waals surface area contributed by atoms with Gasteiger partial charge < -0.3 is 20.5 Å². The van der Waals surface area contributed by atoms with E-state index in [0.717, 1.165) is 0 Å². The van der Waals surface area contributed by atoms with Gasteiger partial charge in [0.05, 0.1) is 18.6 Å². The SMILES string of the molecule is C#CCOc1ccc(C(=O)Nc2ccc3c(c2)C2(CCO3)CS(=O)(=O)C(C)(C)C(N)=N2)nc1. The van der Waals surface area contributed by atoms with Crippen LogP contribution in [0.15, 0.2) is 41.5 Å². The molecule has 1 atom stereocenters. The number of sulfone groups is 1. The maximum atomic E-state index is 13.0. The number of terminal acetylenes is 1. The number of benzene rings is 1. The van der Waals surface area contributed by atoms with E-state index in [1.807, 2.05) is 0 Å². The molecule has 10 heteroatoms. The number of nitrogens with two attached hydrogens (primary N) is 1. The zero-order valence-corrected chi connectivity index (χ0v) is 19.1. The number of amides is 1. The molecule has 3 heterocycles. The van der Waals surface area contributed by atoms with Gasteiger partial charge in [0.25, 0.3) is 5.91 Å². The van der Waals surface area contributed by atoms with E-state index in [1.165, 1.54) is 12.3 Å². The standard InChI is InChI=1S/C23H24N4O5S/c1-4-10-31-16-6-7-18(25-13-16)20(28)26-15-5-8-19-17(12-15)23(9-11-32-19)14-33(29,30)22(2,3)21(24)27-23/h1,5-8,12-13H,9-11,14H2,2-3H3,(H2,24,27)(H,26,28). The summed E-state index contributed by atoms with van der Waals surface area (Å²) < 4.78 is 35.8. The van der Waals surface area contributed by atoms with Crippen molar-refractivity contribution in [1.82, 2.24) is 4.98 Å². The average Bonchev–Trinajstić information content (AvgIpc) is 2.77. The number of nitrogens with zero attached hydrogens (tertiary/aromatic N) is 2. The minimum Gasteiger partial charge on any atom is -0.493 e. The molecule has 0 saturated carbocycles. The van der Waals surface area contributed by atoms with Crippen LogP contribution in [0.2, 0.25) is 0 Å². The molecule has 172 valence electrons. The summed E-state index contributed by atoms with van der Waals surface area (Å²) in [5.41, 5.74) is 6.25. The molecule has 0 fully saturated rings. The molecule has 4 rings (SSSR count). The third kappa shape index (κ3) is 4.00. The second-order valence-corrected chi connectivity index (χ2v) is 11.0. The Hall–Kier alpha value is -3.58. The minimum absolute atomic E-state index is 0.0624. The molecule has 2 aromatic rings. The summed E-state index contributed by atoms with van der Waals surface area (Å²) in [4.78, 5) is 21.4. The van der Waals surface area contributed by atoms with Crippen LogP contribution in [0.5, 0.6) is 11.5 Å². The van der Waals surface area contributed by atoms with E-state index < -0.39 is 26.0 Å². The van der Waals surface area contributed by atoms with Crippen LogP contribution in [0.1, 0.15) is 36.3 Å². The van der Waals surface area contributed by atoms with Gasteiger partial charge in [-0.1, -0.05) is 5.92 Å². The number of rotatable bonds is 4. The Kier molecular flexibility index (Phi) is 5.54. The van der Waals surface area contributed by atoms with Gasteiger partial charge in [-0.15, -0.1) is 6.42 Å². The first kappa shape index (κ1) is 22.6.